The molecular formula is C12H14BrClN2O2. The van der Waals surface area contributed by atoms with Crippen molar-refractivity contribution in [1.29, 1.82) is 0 Å². The number of hydrogen-bond acceptors (Lipinski definition) is 2. The van der Waals surface area contributed by atoms with Crippen LogP contribution in [-0.2, 0) is 16.0 Å². The quantitative estimate of drug-likeness (QED) is 0.885. The van der Waals surface area contributed by atoms with Crippen LogP contribution in [0.3, 0.4) is 0 Å². The van der Waals surface area contributed by atoms with Crippen LogP contribution in [0.1, 0.15) is 19.4 Å². The molecule has 2 amide bonds. The fourth-order valence-corrected chi connectivity index (χ4v) is 1.74. The van der Waals surface area contributed by atoms with Crippen molar-refractivity contribution in [3.05, 3.63) is 33.3 Å². The molecule has 0 saturated heterocycles. The topological polar surface area (TPSA) is 72.2 Å². The second-order valence-corrected chi connectivity index (χ2v) is 5.72. The van der Waals surface area contributed by atoms with Gasteiger partial charge in [0, 0.05) is 4.47 Å². The lowest BCUT2D eigenvalue weighted by Crippen LogP contribution is -2.53. The van der Waals surface area contributed by atoms with E-state index in [2.05, 4.69) is 21.2 Å². The molecule has 0 aliphatic rings. The number of rotatable bonds is 4. The molecule has 0 aliphatic carbocycles. The molecule has 0 fully saturated rings. The molecule has 0 bridgehead atoms. The van der Waals surface area contributed by atoms with Crippen LogP contribution in [0.5, 0.6) is 0 Å². The highest BCUT2D eigenvalue weighted by Gasteiger charge is 2.26. The average molecular weight is 334 g/mol. The van der Waals surface area contributed by atoms with E-state index in [-0.39, 0.29) is 12.3 Å². The molecule has 0 spiro atoms. The minimum atomic E-state index is -1.06. The first kappa shape index (κ1) is 15.0. The van der Waals surface area contributed by atoms with Crippen molar-refractivity contribution in [2.75, 3.05) is 0 Å². The van der Waals surface area contributed by atoms with Gasteiger partial charge in [0.25, 0.3) is 0 Å². The van der Waals surface area contributed by atoms with Gasteiger partial charge in [-0.3, -0.25) is 9.59 Å². The van der Waals surface area contributed by atoms with Crippen molar-refractivity contribution in [1.82, 2.24) is 5.32 Å². The average Bonchev–Trinajstić information content (AvgIpc) is 2.22. The van der Waals surface area contributed by atoms with Crippen LogP contribution in [0, 0.1) is 0 Å². The van der Waals surface area contributed by atoms with Crippen molar-refractivity contribution in [2.24, 2.45) is 5.73 Å². The molecule has 0 aromatic heterocycles. The normalized spacial score (nSPS) is 11.1. The Hall–Kier alpha value is -1.07. The summed E-state index contributed by atoms with van der Waals surface area (Å²) in [6.45, 7) is 3.11. The third-order valence-corrected chi connectivity index (χ3v) is 3.65. The fraction of sp³-hybridized carbons (Fsp3) is 0.333. The van der Waals surface area contributed by atoms with Crippen LogP contribution >= 0.6 is 27.5 Å². The van der Waals surface area contributed by atoms with Gasteiger partial charge in [-0.15, -0.1) is 0 Å². The summed E-state index contributed by atoms with van der Waals surface area (Å²) in [5.41, 5.74) is 4.88. The Morgan fingerprint density at radius 2 is 2.06 bits per heavy atom. The van der Waals surface area contributed by atoms with Crippen LogP contribution in [0.4, 0.5) is 0 Å². The Labute approximate surface area is 119 Å². The van der Waals surface area contributed by atoms with Gasteiger partial charge in [0.05, 0.1) is 11.4 Å². The zero-order valence-corrected chi connectivity index (χ0v) is 12.4. The van der Waals surface area contributed by atoms with Crippen LogP contribution in [0.15, 0.2) is 22.7 Å². The van der Waals surface area contributed by atoms with E-state index in [0.29, 0.717) is 5.02 Å². The van der Waals surface area contributed by atoms with Gasteiger partial charge < -0.3 is 11.1 Å². The molecule has 0 saturated carbocycles. The summed E-state index contributed by atoms with van der Waals surface area (Å²) in [7, 11) is 0. The maximum Gasteiger partial charge on any atom is 0.242 e. The number of carbonyl (C=O) groups excluding carboxylic acids is 2. The molecule has 1 aromatic carbocycles. The van der Waals surface area contributed by atoms with Gasteiger partial charge in [-0.1, -0.05) is 17.7 Å². The van der Waals surface area contributed by atoms with E-state index in [9.17, 15) is 9.59 Å². The lowest BCUT2D eigenvalue weighted by molar-refractivity contribution is -0.130. The summed E-state index contributed by atoms with van der Waals surface area (Å²) < 4.78 is 0.769. The molecule has 0 heterocycles. The number of carbonyl (C=O) groups is 2. The summed E-state index contributed by atoms with van der Waals surface area (Å²) in [5, 5.41) is 3.11. The molecule has 4 nitrogen and oxygen atoms in total. The van der Waals surface area contributed by atoms with Gasteiger partial charge >= 0.3 is 0 Å². The monoisotopic (exact) mass is 332 g/mol. The molecule has 0 radical (unpaired) electrons. The minimum Gasteiger partial charge on any atom is -0.368 e. The van der Waals surface area contributed by atoms with Crippen molar-refractivity contribution >= 4 is 39.3 Å². The maximum absolute atomic E-state index is 11.8. The molecule has 1 rings (SSSR count). The van der Waals surface area contributed by atoms with Gasteiger partial charge in [0.2, 0.25) is 11.8 Å². The number of halogens is 2. The molecule has 98 valence electrons. The minimum absolute atomic E-state index is 0.143. The predicted octanol–water partition coefficient (Wildman–Crippen LogP) is 2.03. The van der Waals surface area contributed by atoms with E-state index in [0.717, 1.165) is 10.0 Å². The van der Waals surface area contributed by atoms with Gasteiger partial charge in [0.1, 0.15) is 5.54 Å². The number of primary amides is 1. The molecule has 6 heteroatoms. The van der Waals surface area contributed by atoms with Gasteiger partial charge in [-0.2, -0.15) is 0 Å². The number of hydrogen-bond donors (Lipinski definition) is 2. The zero-order valence-electron chi connectivity index (χ0n) is 10.1. The van der Waals surface area contributed by atoms with Crippen LogP contribution < -0.4 is 11.1 Å². The van der Waals surface area contributed by atoms with E-state index < -0.39 is 11.4 Å². The van der Waals surface area contributed by atoms with E-state index in [1.54, 1.807) is 32.0 Å². The summed E-state index contributed by atoms with van der Waals surface area (Å²) >= 11 is 9.20. The first-order chi connectivity index (χ1) is 8.22. The summed E-state index contributed by atoms with van der Waals surface area (Å²) in [6.07, 6.45) is 0.143. The van der Waals surface area contributed by atoms with Crippen molar-refractivity contribution in [2.45, 2.75) is 25.8 Å². The molecule has 18 heavy (non-hydrogen) atoms. The molecule has 1 aromatic rings. The Bertz CT molecular complexity index is 489. The lowest BCUT2D eigenvalue weighted by Gasteiger charge is -2.22. The molecule has 0 aliphatic heterocycles. The smallest absolute Gasteiger partial charge is 0.242 e. The summed E-state index contributed by atoms with van der Waals surface area (Å²) in [5.74, 6) is -0.859. The van der Waals surface area contributed by atoms with E-state index in [1.165, 1.54) is 0 Å². The van der Waals surface area contributed by atoms with E-state index in [1.807, 2.05) is 0 Å². The van der Waals surface area contributed by atoms with Crippen molar-refractivity contribution in [3.8, 4) is 0 Å². The Balaban J connectivity index is 2.71. The van der Waals surface area contributed by atoms with Gasteiger partial charge in [-0.25, -0.2) is 0 Å². The zero-order chi connectivity index (χ0) is 13.9. The highest BCUT2D eigenvalue weighted by molar-refractivity contribution is 9.10. The van der Waals surface area contributed by atoms with E-state index in [4.69, 9.17) is 17.3 Å². The van der Waals surface area contributed by atoms with Crippen molar-refractivity contribution < 1.29 is 9.59 Å². The van der Waals surface area contributed by atoms with Gasteiger partial charge in [-0.05, 0) is 47.5 Å². The first-order valence-electron chi connectivity index (χ1n) is 5.27. The highest BCUT2D eigenvalue weighted by atomic mass is 79.9. The van der Waals surface area contributed by atoms with Crippen LogP contribution in [0.25, 0.3) is 0 Å². The molecular weight excluding hydrogens is 320 g/mol. The summed E-state index contributed by atoms with van der Waals surface area (Å²) in [6, 6.07) is 5.25. The second-order valence-electron chi connectivity index (χ2n) is 4.46. The summed E-state index contributed by atoms with van der Waals surface area (Å²) in [4.78, 5) is 22.8. The first-order valence-corrected chi connectivity index (χ1v) is 6.44. The molecule has 3 N–H and O–H groups in total. The number of benzene rings is 1. The molecule has 0 atom stereocenters. The predicted molar refractivity (Wildman–Crippen MR) is 74.3 cm³/mol. The van der Waals surface area contributed by atoms with Gasteiger partial charge in [0.15, 0.2) is 0 Å². The largest absolute Gasteiger partial charge is 0.368 e. The molecule has 0 unspecified atom stereocenters. The van der Waals surface area contributed by atoms with E-state index >= 15 is 0 Å². The lowest BCUT2D eigenvalue weighted by atomic mass is 10.0. The third-order valence-electron chi connectivity index (χ3n) is 2.42. The highest BCUT2D eigenvalue weighted by Crippen LogP contribution is 2.23. The maximum atomic E-state index is 11.8. The van der Waals surface area contributed by atoms with Crippen LogP contribution in [-0.4, -0.2) is 17.4 Å². The van der Waals surface area contributed by atoms with Crippen LogP contribution in [0.2, 0.25) is 5.02 Å². The Morgan fingerprint density at radius 1 is 1.44 bits per heavy atom. The SMILES string of the molecule is CC(C)(NC(=O)Cc1ccc(Br)c(Cl)c1)C(N)=O. The standard InChI is InChI=1S/C12H14BrClN2O2/c1-12(2,11(15)18)16-10(17)6-7-3-4-8(13)9(14)5-7/h3-5H,6H2,1-2H3,(H2,15,18)(H,16,17). The third kappa shape index (κ3) is 3.99. The van der Waals surface area contributed by atoms with Crippen molar-refractivity contribution in [3.63, 3.8) is 0 Å². The Kier molecular flexibility index (Phi) is 4.76. The number of nitrogens with one attached hydrogen (secondary N) is 1. The number of amides is 2. The number of nitrogens with two attached hydrogens (primary N) is 1. The second kappa shape index (κ2) is 5.71. The fourth-order valence-electron chi connectivity index (χ4n) is 1.29. The Morgan fingerprint density at radius 3 is 2.56 bits per heavy atom.